The first-order chi connectivity index (χ1) is 9.16. The number of aromatic nitrogens is 2. The van der Waals surface area contributed by atoms with E-state index in [1.165, 1.54) is 31.7 Å². The Balaban J connectivity index is 2.06. The van der Waals surface area contributed by atoms with Crippen LogP contribution in [0.3, 0.4) is 0 Å². The molecule has 1 aliphatic rings. The van der Waals surface area contributed by atoms with Crippen molar-refractivity contribution in [3.05, 3.63) is 34.1 Å². The number of fused-ring (bicyclic) bond motifs is 1. The first-order valence-electron chi connectivity index (χ1n) is 6.77. The molecule has 0 radical (unpaired) electrons. The molecule has 0 N–H and O–H groups in total. The van der Waals surface area contributed by atoms with Gasteiger partial charge < -0.3 is 4.57 Å². The summed E-state index contributed by atoms with van der Waals surface area (Å²) in [6.07, 6.45) is 5.12. The Bertz CT molecular complexity index is 627. The number of imidazole rings is 1. The first-order valence-corrected chi connectivity index (χ1v) is 6.77. The van der Waals surface area contributed by atoms with Crippen LogP contribution in [0.15, 0.2) is 18.2 Å². The summed E-state index contributed by atoms with van der Waals surface area (Å²) in [7, 11) is 0. The average molecular weight is 259 g/mol. The van der Waals surface area contributed by atoms with Crippen molar-refractivity contribution in [2.75, 3.05) is 0 Å². The van der Waals surface area contributed by atoms with Crippen molar-refractivity contribution >= 4 is 16.7 Å². The Morgan fingerprint density at radius 2 is 2.16 bits per heavy atom. The highest BCUT2D eigenvalue weighted by Gasteiger charge is 2.21. The maximum atomic E-state index is 11.0. The molecule has 1 aromatic heterocycles. The second kappa shape index (κ2) is 4.64. The van der Waals surface area contributed by atoms with Crippen LogP contribution < -0.4 is 0 Å². The Morgan fingerprint density at radius 1 is 1.42 bits per heavy atom. The van der Waals surface area contributed by atoms with Crippen molar-refractivity contribution in [1.82, 2.24) is 9.55 Å². The number of hydrogen-bond donors (Lipinski definition) is 0. The lowest BCUT2D eigenvalue weighted by Gasteiger charge is -2.12. The summed E-state index contributed by atoms with van der Waals surface area (Å²) >= 11 is 0. The molecule has 0 unspecified atom stereocenters. The topological polar surface area (TPSA) is 61.0 Å². The van der Waals surface area contributed by atoms with E-state index in [9.17, 15) is 10.1 Å². The van der Waals surface area contributed by atoms with Gasteiger partial charge in [0, 0.05) is 12.6 Å². The molecule has 1 aliphatic carbocycles. The third-order valence-electron chi connectivity index (χ3n) is 4.06. The molecule has 0 spiro atoms. The van der Waals surface area contributed by atoms with Gasteiger partial charge in [-0.2, -0.15) is 0 Å². The van der Waals surface area contributed by atoms with Crippen molar-refractivity contribution in [3.8, 4) is 0 Å². The molecule has 1 heterocycles. The van der Waals surface area contributed by atoms with Gasteiger partial charge in [-0.25, -0.2) is 4.98 Å². The maximum absolute atomic E-state index is 11.0. The summed E-state index contributed by atoms with van der Waals surface area (Å²) in [4.78, 5) is 15.1. The third-order valence-corrected chi connectivity index (χ3v) is 4.06. The minimum absolute atomic E-state index is 0.103. The predicted molar refractivity (Wildman–Crippen MR) is 73.1 cm³/mol. The molecule has 1 aromatic carbocycles. The minimum atomic E-state index is -0.352. The maximum Gasteiger partial charge on any atom is 0.297 e. The van der Waals surface area contributed by atoms with Crippen LogP contribution in [0.2, 0.25) is 0 Å². The molecule has 3 rings (SSSR count). The van der Waals surface area contributed by atoms with E-state index in [0.29, 0.717) is 11.4 Å². The summed E-state index contributed by atoms with van der Waals surface area (Å²) in [5.41, 5.74) is 1.51. The van der Waals surface area contributed by atoms with Crippen LogP contribution in [-0.4, -0.2) is 14.5 Å². The smallest absolute Gasteiger partial charge is 0.297 e. The van der Waals surface area contributed by atoms with Crippen molar-refractivity contribution in [2.24, 2.45) is 5.92 Å². The van der Waals surface area contributed by atoms with Crippen LogP contribution >= 0.6 is 0 Å². The Kier molecular flexibility index (Phi) is 2.97. The molecule has 0 atom stereocenters. The molecular weight excluding hydrogens is 242 g/mol. The molecule has 1 saturated carbocycles. The number of nitrogens with zero attached hydrogens (tertiary/aromatic N) is 3. The van der Waals surface area contributed by atoms with Crippen molar-refractivity contribution < 1.29 is 4.92 Å². The summed E-state index contributed by atoms with van der Waals surface area (Å²) in [5.74, 6) is 1.56. The van der Waals surface area contributed by atoms with Gasteiger partial charge in [0.05, 0.1) is 10.4 Å². The normalized spacial score (nSPS) is 16.3. The summed E-state index contributed by atoms with van der Waals surface area (Å²) in [5, 5.41) is 11.0. The van der Waals surface area contributed by atoms with Crippen LogP contribution in [0.4, 0.5) is 5.69 Å². The van der Waals surface area contributed by atoms with E-state index in [1.54, 1.807) is 6.07 Å². The van der Waals surface area contributed by atoms with E-state index in [4.69, 9.17) is 0 Å². The molecule has 1 fully saturated rings. The zero-order valence-corrected chi connectivity index (χ0v) is 11.0. The second-order valence-corrected chi connectivity index (χ2v) is 5.32. The molecule has 100 valence electrons. The van der Waals surface area contributed by atoms with Crippen LogP contribution in [0, 0.1) is 23.0 Å². The van der Waals surface area contributed by atoms with Gasteiger partial charge in [-0.05, 0) is 31.7 Å². The standard InChI is InChI=1S/C14H17N3O2/c1-10-15-14-12(7-4-8-13(14)17(18)19)16(10)9-11-5-2-3-6-11/h4,7-8,11H,2-3,5-6,9H2,1H3. The number of nitro benzene ring substituents is 1. The molecule has 5 nitrogen and oxygen atoms in total. The number of non-ortho nitro benzene ring substituents is 1. The van der Waals surface area contributed by atoms with Crippen LogP contribution in [0.5, 0.6) is 0 Å². The number of aryl methyl sites for hydroxylation is 1. The number of hydrogen-bond acceptors (Lipinski definition) is 3. The molecule has 0 bridgehead atoms. The van der Waals surface area contributed by atoms with E-state index in [0.717, 1.165) is 17.9 Å². The van der Waals surface area contributed by atoms with Crippen molar-refractivity contribution in [2.45, 2.75) is 39.2 Å². The highest BCUT2D eigenvalue weighted by molar-refractivity contribution is 5.85. The predicted octanol–water partition coefficient (Wildman–Crippen LogP) is 3.44. The highest BCUT2D eigenvalue weighted by atomic mass is 16.6. The fourth-order valence-corrected chi connectivity index (χ4v) is 3.08. The summed E-state index contributed by atoms with van der Waals surface area (Å²) in [6.45, 7) is 2.86. The molecule has 0 aliphatic heterocycles. The Morgan fingerprint density at radius 3 is 2.84 bits per heavy atom. The molecular formula is C14H17N3O2. The zero-order valence-electron chi connectivity index (χ0n) is 11.0. The first kappa shape index (κ1) is 12.1. The SMILES string of the molecule is Cc1nc2c([N+](=O)[O-])cccc2n1CC1CCCC1. The molecule has 0 saturated heterocycles. The molecule has 0 amide bonds. The second-order valence-electron chi connectivity index (χ2n) is 5.32. The number of rotatable bonds is 3. The highest BCUT2D eigenvalue weighted by Crippen LogP contribution is 2.30. The molecule has 2 aromatic rings. The van der Waals surface area contributed by atoms with Crippen molar-refractivity contribution in [3.63, 3.8) is 0 Å². The van der Waals surface area contributed by atoms with E-state index < -0.39 is 0 Å². The van der Waals surface area contributed by atoms with Crippen LogP contribution in [-0.2, 0) is 6.54 Å². The minimum Gasteiger partial charge on any atom is -0.328 e. The van der Waals surface area contributed by atoms with Gasteiger partial charge in [-0.3, -0.25) is 10.1 Å². The fraction of sp³-hybridized carbons (Fsp3) is 0.500. The molecule has 19 heavy (non-hydrogen) atoms. The van der Waals surface area contributed by atoms with Gasteiger partial charge in [0.15, 0.2) is 5.52 Å². The number of benzene rings is 1. The van der Waals surface area contributed by atoms with Gasteiger partial charge in [0.2, 0.25) is 0 Å². The third kappa shape index (κ3) is 2.09. The average Bonchev–Trinajstić information content (AvgIpc) is 2.98. The molecule has 5 heteroatoms. The Labute approximate surface area is 111 Å². The largest absolute Gasteiger partial charge is 0.328 e. The van der Waals surface area contributed by atoms with Crippen LogP contribution in [0.25, 0.3) is 11.0 Å². The van der Waals surface area contributed by atoms with Gasteiger partial charge >= 0.3 is 0 Å². The lowest BCUT2D eigenvalue weighted by molar-refractivity contribution is -0.383. The fourth-order valence-electron chi connectivity index (χ4n) is 3.08. The lowest BCUT2D eigenvalue weighted by Crippen LogP contribution is -2.08. The van der Waals surface area contributed by atoms with Gasteiger partial charge in [0.25, 0.3) is 5.69 Å². The van der Waals surface area contributed by atoms with Gasteiger partial charge in [-0.1, -0.05) is 18.9 Å². The van der Waals surface area contributed by atoms with Gasteiger partial charge in [0.1, 0.15) is 5.82 Å². The van der Waals surface area contributed by atoms with Crippen LogP contribution in [0.1, 0.15) is 31.5 Å². The van der Waals surface area contributed by atoms with E-state index in [-0.39, 0.29) is 10.6 Å². The van der Waals surface area contributed by atoms with Crippen molar-refractivity contribution in [1.29, 1.82) is 0 Å². The summed E-state index contributed by atoms with van der Waals surface area (Å²) in [6, 6.07) is 5.19. The zero-order chi connectivity index (χ0) is 13.4. The lowest BCUT2D eigenvalue weighted by atomic mass is 10.1. The monoisotopic (exact) mass is 259 g/mol. The van der Waals surface area contributed by atoms with Gasteiger partial charge in [-0.15, -0.1) is 0 Å². The number of nitro groups is 1. The number of para-hydroxylation sites is 1. The van der Waals surface area contributed by atoms with E-state index in [2.05, 4.69) is 9.55 Å². The van der Waals surface area contributed by atoms with E-state index >= 15 is 0 Å². The summed E-state index contributed by atoms with van der Waals surface area (Å²) < 4.78 is 2.14. The Hall–Kier alpha value is -1.91. The van der Waals surface area contributed by atoms with E-state index in [1.807, 2.05) is 13.0 Å². The quantitative estimate of drug-likeness (QED) is 0.626.